The lowest BCUT2D eigenvalue weighted by Gasteiger charge is -2.04. The van der Waals surface area contributed by atoms with Crippen molar-refractivity contribution in [3.63, 3.8) is 0 Å². The molecule has 1 unspecified atom stereocenters. The van der Waals surface area contributed by atoms with Gasteiger partial charge in [0.15, 0.2) is 11.5 Å². The fraction of sp³-hybridized carbons (Fsp3) is 0.286. The Kier molecular flexibility index (Phi) is 3.72. The lowest BCUT2D eigenvalue weighted by atomic mass is 10.2. The number of aromatic amines is 1. The van der Waals surface area contributed by atoms with Crippen LogP contribution in [-0.4, -0.2) is 32.5 Å². The van der Waals surface area contributed by atoms with Gasteiger partial charge in [-0.05, 0) is 5.41 Å². The average molecular weight is 384 g/mol. The molecule has 1 atom stereocenters. The molecular formula is C14H10F2N4O5S. The first-order valence-electron chi connectivity index (χ1n) is 7.35. The number of amides is 1. The number of hydrogen-bond donors (Lipinski definition) is 2. The second-order valence-electron chi connectivity index (χ2n) is 5.57. The molecule has 1 aromatic heterocycles. The molecule has 0 bridgehead atoms. The third-order valence-electron chi connectivity index (χ3n) is 3.76. The molecule has 0 saturated carbocycles. The van der Waals surface area contributed by atoms with E-state index in [2.05, 4.69) is 24.8 Å². The molecule has 4 rings (SSSR count). The summed E-state index contributed by atoms with van der Waals surface area (Å²) in [5, 5.41) is 14.0. The summed E-state index contributed by atoms with van der Waals surface area (Å²) < 4.78 is 34.8. The summed E-state index contributed by atoms with van der Waals surface area (Å²) in [5.74, 6) is -0.263. The number of thioether (sulfide) groups is 1. The molecule has 2 N–H and O–H groups in total. The van der Waals surface area contributed by atoms with Gasteiger partial charge in [0.25, 0.3) is 5.37 Å². The van der Waals surface area contributed by atoms with Crippen molar-refractivity contribution in [2.45, 2.75) is 24.6 Å². The number of rotatable bonds is 4. The normalized spacial score (nSPS) is 20.2. The number of hydrogen-bond acceptors (Lipinski definition) is 7. The van der Waals surface area contributed by atoms with Gasteiger partial charge in [0.2, 0.25) is 5.91 Å². The Morgan fingerprint density at radius 3 is 2.88 bits per heavy atom. The molecule has 0 radical (unpaired) electrons. The molecular weight excluding hydrogens is 374 g/mol. The van der Waals surface area contributed by atoms with E-state index < -0.39 is 22.5 Å². The summed E-state index contributed by atoms with van der Waals surface area (Å²) in [5.41, 5.74) is 1.15. The van der Waals surface area contributed by atoms with Gasteiger partial charge in [-0.15, -0.1) is 8.78 Å². The summed E-state index contributed by atoms with van der Waals surface area (Å²) in [6.45, 7) is 0.0428. The Balaban J connectivity index is 1.43. The van der Waals surface area contributed by atoms with Gasteiger partial charge in [0, 0.05) is 22.6 Å². The van der Waals surface area contributed by atoms with E-state index >= 15 is 0 Å². The fourth-order valence-corrected chi connectivity index (χ4v) is 3.48. The SMILES string of the molecule is O=C(NCc1nc2cc3c(cc2[nH]1)OC(F)(F)O3)C1=CSC([N+](=O)[O-])C1. The second-order valence-corrected chi connectivity index (χ2v) is 6.63. The van der Waals surface area contributed by atoms with Crippen LogP contribution >= 0.6 is 11.8 Å². The zero-order valence-corrected chi connectivity index (χ0v) is 13.6. The van der Waals surface area contributed by atoms with Gasteiger partial charge >= 0.3 is 6.29 Å². The van der Waals surface area contributed by atoms with Crippen LogP contribution in [0.15, 0.2) is 23.1 Å². The van der Waals surface area contributed by atoms with E-state index in [1.54, 1.807) is 0 Å². The number of ether oxygens (including phenoxy) is 2. The number of fused-ring (bicyclic) bond motifs is 2. The van der Waals surface area contributed by atoms with Crippen LogP contribution in [0, 0.1) is 10.1 Å². The predicted molar refractivity (Wildman–Crippen MR) is 85.2 cm³/mol. The van der Waals surface area contributed by atoms with Crippen molar-refractivity contribution in [3.05, 3.63) is 39.1 Å². The molecule has 12 heteroatoms. The summed E-state index contributed by atoms with van der Waals surface area (Å²) in [7, 11) is 0. The maximum Gasteiger partial charge on any atom is 0.586 e. The fourth-order valence-electron chi connectivity index (χ4n) is 2.58. The molecule has 26 heavy (non-hydrogen) atoms. The minimum Gasteiger partial charge on any atom is -0.395 e. The third-order valence-corrected chi connectivity index (χ3v) is 4.83. The number of imidazole rings is 1. The maximum atomic E-state index is 13.0. The van der Waals surface area contributed by atoms with Crippen molar-refractivity contribution >= 4 is 28.7 Å². The standard InChI is InChI=1S/C14H10F2N4O5S/c15-14(16)24-9-2-7-8(3-10(9)25-14)19-11(18-7)4-17-13(21)6-1-12(20(22)23)26-5-6/h2-3,5,12H,1,4H2,(H,17,21)(H,18,19). The first kappa shape index (κ1) is 16.6. The van der Waals surface area contributed by atoms with Crippen molar-refractivity contribution in [3.8, 4) is 11.5 Å². The monoisotopic (exact) mass is 384 g/mol. The minimum atomic E-state index is -3.70. The molecule has 1 amide bonds. The van der Waals surface area contributed by atoms with Gasteiger partial charge in [-0.1, -0.05) is 11.8 Å². The molecule has 1 aromatic carbocycles. The number of H-pyrrole nitrogens is 1. The number of carbonyl (C=O) groups excluding carboxylic acids is 1. The smallest absolute Gasteiger partial charge is 0.395 e. The molecule has 0 spiro atoms. The molecule has 136 valence electrons. The minimum absolute atomic E-state index is 0.0428. The van der Waals surface area contributed by atoms with Gasteiger partial charge in [-0.2, -0.15) is 0 Å². The number of alkyl halides is 2. The van der Waals surface area contributed by atoms with E-state index in [1.807, 2.05) is 0 Å². The van der Waals surface area contributed by atoms with E-state index in [-0.39, 0.29) is 24.5 Å². The number of halogens is 2. The molecule has 0 fully saturated rings. The number of benzene rings is 1. The van der Waals surface area contributed by atoms with Crippen molar-refractivity contribution < 1.29 is 28.0 Å². The molecule has 2 aliphatic rings. The Bertz CT molecular complexity index is 915. The van der Waals surface area contributed by atoms with Gasteiger partial charge in [0.1, 0.15) is 5.82 Å². The summed E-state index contributed by atoms with van der Waals surface area (Å²) in [4.78, 5) is 29.4. The van der Waals surface area contributed by atoms with Gasteiger partial charge < -0.3 is 19.8 Å². The zero-order chi connectivity index (χ0) is 18.5. The number of nitro groups is 1. The number of carbonyl (C=O) groups is 1. The van der Waals surface area contributed by atoms with Crippen molar-refractivity contribution in [2.24, 2.45) is 0 Å². The topological polar surface area (TPSA) is 119 Å². The van der Waals surface area contributed by atoms with E-state index in [0.29, 0.717) is 22.4 Å². The highest BCUT2D eigenvalue weighted by Gasteiger charge is 2.43. The summed E-state index contributed by atoms with van der Waals surface area (Å²) >= 11 is 0.990. The maximum absolute atomic E-state index is 13.0. The van der Waals surface area contributed by atoms with Gasteiger partial charge in [-0.3, -0.25) is 14.9 Å². The lowest BCUT2D eigenvalue weighted by molar-refractivity contribution is -0.493. The molecule has 0 aliphatic carbocycles. The van der Waals surface area contributed by atoms with Crippen LogP contribution in [0.25, 0.3) is 11.0 Å². The van der Waals surface area contributed by atoms with Crippen molar-refractivity contribution in [1.82, 2.24) is 15.3 Å². The van der Waals surface area contributed by atoms with E-state index in [1.165, 1.54) is 17.5 Å². The highest BCUT2D eigenvalue weighted by atomic mass is 32.2. The van der Waals surface area contributed by atoms with E-state index in [0.717, 1.165) is 11.8 Å². The van der Waals surface area contributed by atoms with Crippen LogP contribution in [0.3, 0.4) is 0 Å². The Morgan fingerprint density at radius 1 is 1.46 bits per heavy atom. The van der Waals surface area contributed by atoms with Crippen LogP contribution in [0.2, 0.25) is 0 Å². The zero-order valence-electron chi connectivity index (χ0n) is 12.8. The average Bonchev–Trinajstić information content (AvgIpc) is 3.24. The quantitative estimate of drug-likeness (QED) is 0.612. The predicted octanol–water partition coefficient (Wildman–Crippen LogP) is 2.12. The van der Waals surface area contributed by atoms with Crippen LogP contribution in [0.4, 0.5) is 8.78 Å². The van der Waals surface area contributed by atoms with Crippen LogP contribution in [-0.2, 0) is 11.3 Å². The summed E-state index contributed by atoms with van der Waals surface area (Å²) in [6.07, 6.45) is -3.65. The Labute approximate surface area is 147 Å². The van der Waals surface area contributed by atoms with E-state index in [4.69, 9.17) is 0 Å². The highest BCUT2D eigenvalue weighted by molar-refractivity contribution is 8.02. The first-order valence-corrected chi connectivity index (χ1v) is 8.30. The van der Waals surface area contributed by atoms with Crippen molar-refractivity contribution in [1.29, 1.82) is 0 Å². The first-order chi connectivity index (χ1) is 12.3. The largest absolute Gasteiger partial charge is 0.586 e. The third kappa shape index (κ3) is 3.03. The molecule has 2 aliphatic heterocycles. The van der Waals surface area contributed by atoms with Crippen molar-refractivity contribution in [2.75, 3.05) is 0 Å². The Morgan fingerprint density at radius 2 is 2.19 bits per heavy atom. The number of nitrogens with one attached hydrogen (secondary N) is 2. The highest BCUT2D eigenvalue weighted by Crippen LogP contribution is 2.42. The number of aromatic nitrogens is 2. The summed E-state index contributed by atoms with van der Waals surface area (Å²) in [6, 6.07) is 2.65. The van der Waals surface area contributed by atoms with Crippen LogP contribution in [0.5, 0.6) is 11.5 Å². The second kappa shape index (κ2) is 5.83. The Hall–Kier alpha value is -2.89. The molecule has 9 nitrogen and oxygen atoms in total. The number of nitrogens with zero attached hydrogens (tertiary/aromatic N) is 2. The molecule has 3 heterocycles. The lowest BCUT2D eigenvalue weighted by Crippen LogP contribution is -2.26. The van der Waals surface area contributed by atoms with Gasteiger partial charge in [0.05, 0.1) is 24.0 Å². The molecule has 0 saturated heterocycles. The van der Waals surface area contributed by atoms with Crippen LogP contribution < -0.4 is 14.8 Å². The van der Waals surface area contributed by atoms with Crippen LogP contribution in [0.1, 0.15) is 12.2 Å². The molecule has 2 aromatic rings. The van der Waals surface area contributed by atoms with E-state index in [9.17, 15) is 23.7 Å². The van der Waals surface area contributed by atoms with Gasteiger partial charge in [-0.25, -0.2) is 4.98 Å².